The highest BCUT2D eigenvalue weighted by Gasteiger charge is 2.19. The first kappa shape index (κ1) is 18.2. The van der Waals surface area contributed by atoms with Crippen LogP contribution >= 0.6 is 0 Å². The van der Waals surface area contributed by atoms with E-state index in [9.17, 15) is 9.59 Å². The Bertz CT molecular complexity index is 559. The van der Waals surface area contributed by atoms with Crippen molar-refractivity contribution in [3.63, 3.8) is 0 Å². The lowest BCUT2D eigenvalue weighted by atomic mass is 10.3. The van der Waals surface area contributed by atoms with Gasteiger partial charge in [0.2, 0.25) is 11.8 Å². The Morgan fingerprint density at radius 1 is 1.25 bits per heavy atom. The van der Waals surface area contributed by atoms with Gasteiger partial charge in [0.05, 0.1) is 25.4 Å². The van der Waals surface area contributed by atoms with E-state index in [0.717, 1.165) is 26.2 Å². The Hall–Kier alpha value is -2.12. The SMILES string of the molecule is CCOc1ccccc1NC(=O)CN(C)CC(=O)N1CCNCC1. The zero-order chi connectivity index (χ0) is 17.4. The van der Waals surface area contributed by atoms with E-state index < -0.39 is 0 Å². The Kier molecular flexibility index (Phi) is 7.02. The van der Waals surface area contributed by atoms with Crippen molar-refractivity contribution in [3.05, 3.63) is 24.3 Å². The average Bonchev–Trinajstić information content (AvgIpc) is 2.57. The van der Waals surface area contributed by atoms with Gasteiger partial charge in [-0.3, -0.25) is 14.5 Å². The standard InChI is InChI=1S/C17H26N4O3/c1-3-24-15-7-5-4-6-14(15)19-16(22)12-20(2)13-17(23)21-10-8-18-9-11-21/h4-7,18H,3,8-13H2,1-2H3,(H,19,22). The molecule has 2 amide bonds. The number of nitrogens with one attached hydrogen (secondary N) is 2. The number of amides is 2. The van der Waals surface area contributed by atoms with Crippen LogP contribution in [0, 0.1) is 0 Å². The largest absolute Gasteiger partial charge is 0.492 e. The second-order valence-electron chi connectivity index (χ2n) is 5.78. The summed E-state index contributed by atoms with van der Waals surface area (Å²) in [6.45, 7) is 5.91. The van der Waals surface area contributed by atoms with Gasteiger partial charge in [-0.2, -0.15) is 0 Å². The first-order valence-electron chi connectivity index (χ1n) is 8.29. The molecule has 7 heteroatoms. The molecule has 0 spiro atoms. The number of carbonyl (C=O) groups is 2. The summed E-state index contributed by atoms with van der Waals surface area (Å²) < 4.78 is 5.49. The van der Waals surface area contributed by atoms with E-state index in [4.69, 9.17) is 4.74 Å². The fraction of sp³-hybridized carbons (Fsp3) is 0.529. The second kappa shape index (κ2) is 9.24. The predicted octanol–water partition coefficient (Wildman–Crippen LogP) is 0.387. The average molecular weight is 334 g/mol. The first-order valence-corrected chi connectivity index (χ1v) is 8.29. The molecule has 0 unspecified atom stereocenters. The van der Waals surface area contributed by atoms with Gasteiger partial charge in [0.15, 0.2) is 0 Å². The van der Waals surface area contributed by atoms with Gasteiger partial charge in [-0.25, -0.2) is 0 Å². The van der Waals surface area contributed by atoms with Crippen LogP contribution in [0.25, 0.3) is 0 Å². The molecule has 2 N–H and O–H groups in total. The molecule has 0 aliphatic carbocycles. The second-order valence-corrected chi connectivity index (χ2v) is 5.78. The minimum atomic E-state index is -0.169. The summed E-state index contributed by atoms with van der Waals surface area (Å²) >= 11 is 0. The van der Waals surface area contributed by atoms with Crippen LogP contribution in [0.5, 0.6) is 5.75 Å². The summed E-state index contributed by atoms with van der Waals surface area (Å²) in [6.07, 6.45) is 0. The lowest BCUT2D eigenvalue weighted by molar-refractivity contribution is -0.133. The number of piperazine rings is 1. The Morgan fingerprint density at radius 2 is 1.96 bits per heavy atom. The smallest absolute Gasteiger partial charge is 0.238 e. The highest BCUT2D eigenvalue weighted by Crippen LogP contribution is 2.23. The van der Waals surface area contributed by atoms with Gasteiger partial charge in [0, 0.05) is 26.2 Å². The molecule has 1 aliphatic heterocycles. The lowest BCUT2D eigenvalue weighted by Gasteiger charge is -2.29. The normalized spacial score (nSPS) is 14.5. The van der Waals surface area contributed by atoms with E-state index in [1.54, 1.807) is 18.0 Å². The van der Waals surface area contributed by atoms with Gasteiger partial charge < -0.3 is 20.3 Å². The monoisotopic (exact) mass is 334 g/mol. The van der Waals surface area contributed by atoms with Crippen molar-refractivity contribution in [2.45, 2.75) is 6.92 Å². The zero-order valence-electron chi connectivity index (χ0n) is 14.4. The number of para-hydroxylation sites is 2. The van der Waals surface area contributed by atoms with Crippen LogP contribution in [0.3, 0.4) is 0 Å². The summed E-state index contributed by atoms with van der Waals surface area (Å²) in [6, 6.07) is 7.32. The fourth-order valence-electron chi connectivity index (χ4n) is 2.59. The van der Waals surface area contributed by atoms with Crippen molar-refractivity contribution in [1.82, 2.24) is 15.1 Å². The molecule has 1 aromatic carbocycles. The van der Waals surface area contributed by atoms with Crippen molar-refractivity contribution in [1.29, 1.82) is 0 Å². The number of hydrogen-bond acceptors (Lipinski definition) is 5. The number of ether oxygens (including phenoxy) is 1. The number of carbonyl (C=O) groups excluding carboxylic acids is 2. The number of anilines is 1. The molecule has 1 heterocycles. The maximum absolute atomic E-state index is 12.2. The van der Waals surface area contributed by atoms with E-state index in [1.807, 2.05) is 30.0 Å². The van der Waals surface area contributed by atoms with Gasteiger partial charge in [-0.05, 0) is 26.1 Å². The number of likely N-dealkylation sites (N-methyl/N-ethyl adjacent to an activating group) is 1. The van der Waals surface area contributed by atoms with E-state index in [1.165, 1.54) is 0 Å². The topological polar surface area (TPSA) is 73.9 Å². The van der Waals surface area contributed by atoms with E-state index in [0.29, 0.717) is 18.0 Å². The molecule has 1 aliphatic rings. The third-order valence-corrected chi connectivity index (χ3v) is 3.75. The molecule has 0 saturated carbocycles. The minimum Gasteiger partial charge on any atom is -0.492 e. The minimum absolute atomic E-state index is 0.0570. The fourth-order valence-corrected chi connectivity index (χ4v) is 2.59. The number of hydrogen-bond donors (Lipinski definition) is 2. The Balaban J connectivity index is 1.82. The summed E-state index contributed by atoms with van der Waals surface area (Å²) in [5.41, 5.74) is 0.645. The van der Waals surface area contributed by atoms with Crippen LogP contribution in [-0.4, -0.2) is 74.5 Å². The van der Waals surface area contributed by atoms with E-state index in [2.05, 4.69) is 10.6 Å². The molecule has 0 radical (unpaired) electrons. The summed E-state index contributed by atoms with van der Waals surface area (Å²) in [5, 5.41) is 6.05. The summed E-state index contributed by atoms with van der Waals surface area (Å²) in [7, 11) is 1.77. The van der Waals surface area contributed by atoms with Gasteiger partial charge in [0.1, 0.15) is 5.75 Å². The molecule has 2 rings (SSSR count). The first-order chi connectivity index (χ1) is 11.6. The third-order valence-electron chi connectivity index (χ3n) is 3.75. The van der Waals surface area contributed by atoms with Gasteiger partial charge in [-0.1, -0.05) is 12.1 Å². The molecular weight excluding hydrogens is 308 g/mol. The zero-order valence-corrected chi connectivity index (χ0v) is 14.4. The van der Waals surface area contributed by atoms with Crippen LogP contribution < -0.4 is 15.4 Å². The van der Waals surface area contributed by atoms with Gasteiger partial charge >= 0.3 is 0 Å². The van der Waals surface area contributed by atoms with Crippen LogP contribution in [-0.2, 0) is 9.59 Å². The number of rotatable bonds is 7. The van der Waals surface area contributed by atoms with Crippen molar-refractivity contribution in [2.75, 3.05) is 58.2 Å². The molecular formula is C17H26N4O3. The van der Waals surface area contributed by atoms with Crippen molar-refractivity contribution >= 4 is 17.5 Å². The molecule has 0 bridgehead atoms. The van der Waals surface area contributed by atoms with Crippen LogP contribution in [0.15, 0.2) is 24.3 Å². The Morgan fingerprint density at radius 3 is 2.67 bits per heavy atom. The summed E-state index contributed by atoms with van der Waals surface area (Å²) in [4.78, 5) is 27.9. The molecule has 132 valence electrons. The van der Waals surface area contributed by atoms with Crippen molar-refractivity contribution in [2.24, 2.45) is 0 Å². The molecule has 1 saturated heterocycles. The lowest BCUT2D eigenvalue weighted by Crippen LogP contribution is -2.49. The van der Waals surface area contributed by atoms with Crippen molar-refractivity contribution < 1.29 is 14.3 Å². The Labute approximate surface area is 142 Å². The maximum atomic E-state index is 12.2. The van der Waals surface area contributed by atoms with Crippen molar-refractivity contribution in [3.8, 4) is 5.75 Å². The number of benzene rings is 1. The third kappa shape index (κ3) is 5.50. The van der Waals surface area contributed by atoms with Gasteiger partial charge in [0.25, 0.3) is 0 Å². The molecule has 0 atom stereocenters. The molecule has 0 aromatic heterocycles. The van der Waals surface area contributed by atoms with E-state index in [-0.39, 0.29) is 24.9 Å². The van der Waals surface area contributed by atoms with Crippen LogP contribution in [0.2, 0.25) is 0 Å². The van der Waals surface area contributed by atoms with Gasteiger partial charge in [-0.15, -0.1) is 0 Å². The molecule has 7 nitrogen and oxygen atoms in total. The molecule has 1 aromatic rings. The highest BCUT2D eigenvalue weighted by molar-refractivity contribution is 5.94. The predicted molar refractivity (Wildman–Crippen MR) is 93.2 cm³/mol. The molecule has 1 fully saturated rings. The van der Waals surface area contributed by atoms with Crippen LogP contribution in [0.4, 0.5) is 5.69 Å². The summed E-state index contributed by atoms with van der Waals surface area (Å²) in [5.74, 6) is 0.534. The quantitative estimate of drug-likeness (QED) is 0.754. The molecule has 24 heavy (non-hydrogen) atoms. The number of nitrogens with zero attached hydrogens (tertiary/aromatic N) is 2. The highest BCUT2D eigenvalue weighted by atomic mass is 16.5. The maximum Gasteiger partial charge on any atom is 0.238 e. The van der Waals surface area contributed by atoms with Crippen LogP contribution in [0.1, 0.15) is 6.92 Å². The van der Waals surface area contributed by atoms with E-state index >= 15 is 0 Å².